The van der Waals surface area contributed by atoms with Gasteiger partial charge in [0, 0.05) is 18.2 Å². The van der Waals surface area contributed by atoms with Crippen LogP contribution in [0.4, 0.5) is 4.79 Å². The molecule has 1 fully saturated rings. The summed E-state index contributed by atoms with van der Waals surface area (Å²) in [4.78, 5) is 12.4. The predicted octanol–water partition coefficient (Wildman–Crippen LogP) is 2.22. The summed E-state index contributed by atoms with van der Waals surface area (Å²) in [6.45, 7) is 0.658. The number of carbonyl (C=O) groups is 1. The summed E-state index contributed by atoms with van der Waals surface area (Å²) in [7, 11) is 0. The van der Waals surface area contributed by atoms with E-state index in [2.05, 4.69) is 6.08 Å². The number of rotatable bonds is 0. The molecule has 3 nitrogen and oxygen atoms in total. The average Bonchev–Trinajstić information content (AvgIpc) is 2.17. The van der Waals surface area contributed by atoms with E-state index in [0.29, 0.717) is 12.5 Å². The Morgan fingerprint density at radius 2 is 2.46 bits per heavy atom. The largest absolute Gasteiger partial charge is 0.465 e. The molecule has 1 N–H and O–H groups in total. The fourth-order valence-electron chi connectivity index (χ4n) is 2.07. The van der Waals surface area contributed by atoms with E-state index in [1.165, 1.54) is 4.90 Å². The van der Waals surface area contributed by atoms with E-state index in [1.54, 1.807) is 0 Å². The molecule has 1 amide bonds. The summed E-state index contributed by atoms with van der Waals surface area (Å²) in [5, 5.41) is 8.94. The summed E-state index contributed by atoms with van der Waals surface area (Å²) in [5.74, 6) is 0.440. The van der Waals surface area contributed by atoms with Crippen LogP contribution in [-0.2, 0) is 0 Å². The van der Waals surface area contributed by atoms with Crippen LogP contribution in [0.1, 0.15) is 19.3 Å². The molecule has 3 heteroatoms. The molecule has 0 radical (unpaired) electrons. The van der Waals surface area contributed by atoms with Crippen molar-refractivity contribution in [3.05, 3.63) is 23.9 Å². The van der Waals surface area contributed by atoms with E-state index < -0.39 is 6.09 Å². The summed E-state index contributed by atoms with van der Waals surface area (Å²) in [5.41, 5.74) is 0.987. The molecule has 1 heterocycles. The number of nitrogens with zero attached hydrogens (tertiary/aromatic N) is 1. The van der Waals surface area contributed by atoms with Gasteiger partial charge in [-0.2, -0.15) is 0 Å². The predicted molar refractivity (Wildman–Crippen MR) is 49.3 cm³/mol. The molecular weight excluding hydrogens is 166 g/mol. The Morgan fingerprint density at radius 3 is 3.23 bits per heavy atom. The molecule has 0 aromatic heterocycles. The summed E-state index contributed by atoms with van der Waals surface area (Å²) in [6, 6.07) is 0. The Labute approximate surface area is 77.3 Å². The average molecular weight is 179 g/mol. The Bertz CT molecular complexity index is 281. The van der Waals surface area contributed by atoms with Crippen LogP contribution < -0.4 is 0 Å². The second kappa shape index (κ2) is 3.24. The van der Waals surface area contributed by atoms with Crippen LogP contribution in [0.25, 0.3) is 0 Å². The van der Waals surface area contributed by atoms with E-state index in [9.17, 15) is 4.79 Å². The quantitative estimate of drug-likeness (QED) is 0.619. The second-order valence-electron chi connectivity index (χ2n) is 3.53. The lowest BCUT2D eigenvalue weighted by molar-refractivity contribution is 0.143. The third-order valence-corrected chi connectivity index (χ3v) is 2.72. The van der Waals surface area contributed by atoms with Crippen LogP contribution in [0, 0.1) is 5.92 Å². The van der Waals surface area contributed by atoms with Gasteiger partial charge in [0.05, 0.1) is 0 Å². The molecule has 1 aliphatic carbocycles. The maximum Gasteiger partial charge on any atom is 0.411 e. The molecule has 0 saturated carbocycles. The van der Waals surface area contributed by atoms with Crippen molar-refractivity contribution in [3.63, 3.8) is 0 Å². The standard InChI is InChI=1S/C10H13NO2/c12-10(13)11-7-3-5-8-4-1-2-6-9(8)11/h1-2,6,8H,3-5,7H2,(H,12,13). The lowest BCUT2D eigenvalue weighted by Gasteiger charge is -2.34. The van der Waals surface area contributed by atoms with Gasteiger partial charge in [0.2, 0.25) is 0 Å². The van der Waals surface area contributed by atoms with Gasteiger partial charge in [0.1, 0.15) is 0 Å². The molecule has 2 rings (SSSR count). The molecule has 70 valence electrons. The summed E-state index contributed by atoms with van der Waals surface area (Å²) >= 11 is 0. The van der Waals surface area contributed by atoms with Crippen molar-refractivity contribution in [2.75, 3.05) is 6.54 Å². The minimum Gasteiger partial charge on any atom is -0.465 e. The highest BCUT2D eigenvalue weighted by Gasteiger charge is 2.28. The topological polar surface area (TPSA) is 40.5 Å². The van der Waals surface area contributed by atoms with E-state index >= 15 is 0 Å². The van der Waals surface area contributed by atoms with Crippen molar-refractivity contribution in [2.24, 2.45) is 5.92 Å². The van der Waals surface area contributed by atoms with Crippen molar-refractivity contribution in [1.29, 1.82) is 0 Å². The molecule has 13 heavy (non-hydrogen) atoms. The van der Waals surface area contributed by atoms with Gasteiger partial charge in [-0.25, -0.2) is 4.79 Å². The van der Waals surface area contributed by atoms with Crippen molar-refractivity contribution in [2.45, 2.75) is 19.3 Å². The molecule has 2 aliphatic rings. The second-order valence-corrected chi connectivity index (χ2v) is 3.53. The Balaban J connectivity index is 2.24. The molecule has 1 saturated heterocycles. The third kappa shape index (κ3) is 1.46. The van der Waals surface area contributed by atoms with Gasteiger partial charge in [-0.05, 0) is 25.3 Å². The number of carboxylic acid groups (broad SMARTS) is 1. The number of fused-ring (bicyclic) bond motifs is 1. The van der Waals surface area contributed by atoms with Crippen LogP contribution >= 0.6 is 0 Å². The fourth-order valence-corrected chi connectivity index (χ4v) is 2.07. The SMILES string of the molecule is O=C(O)N1CCCC2CC=CC=C21. The highest BCUT2D eigenvalue weighted by atomic mass is 16.4. The highest BCUT2D eigenvalue weighted by molar-refractivity contribution is 5.68. The van der Waals surface area contributed by atoms with Crippen LogP contribution in [0.2, 0.25) is 0 Å². The van der Waals surface area contributed by atoms with Gasteiger partial charge < -0.3 is 5.11 Å². The highest BCUT2D eigenvalue weighted by Crippen LogP contribution is 2.32. The lowest BCUT2D eigenvalue weighted by Crippen LogP contribution is -2.37. The van der Waals surface area contributed by atoms with Crippen LogP contribution in [0.3, 0.4) is 0 Å². The molecule has 0 aromatic carbocycles. The Hall–Kier alpha value is -1.25. The molecule has 0 spiro atoms. The smallest absolute Gasteiger partial charge is 0.411 e. The molecular formula is C10H13NO2. The van der Waals surface area contributed by atoms with E-state index in [0.717, 1.165) is 25.0 Å². The van der Waals surface area contributed by atoms with Gasteiger partial charge in [0.15, 0.2) is 0 Å². The Kier molecular flexibility index (Phi) is 2.08. The first-order valence-corrected chi connectivity index (χ1v) is 4.66. The lowest BCUT2D eigenvalue weighted by atomic mass is 9.88. The van der Waals surface area contributed by atoms with E-state index in [-0.39, 0.29) is 0 Å². The number of hydrogen-bond donors (Lipinski definition) is 1. The van der Waals surface area contributed by atoms with Crippen LogP contribution in [0.15, 0.2) is 23.9 Å². The van der Waals surface area contributed by atoms with E-state index in [1.807, 2.05) is 12.2 Å². The van der Waals surface area contributed by atoms with Crippen molar-refractivity contribution in [3.8, 4) is 0 Å². The zero-order valence-electron chi connectivity index (χ0n) is 7.44. The first-order chi connectivity index (χ1) is 6.29. The Morgan fingerprint density at radius 1 is 1.62 bits per heavy atom. The van der Waals surface area contributed by atoms with Crippen molar-refractivity contribution in [1.82, 2.24) is 4.90 Å². The van der Waals surface area contributed by atoms with Gasteiger partial charge in [-0.3, -0.25) is 4.90 Å². The number of hydrogen-bond acceptors (Lipinski definition) is 1. The first-order valence-electron chi connectivity index (χ1n) is 4.66. The molecule has 0 bridgehead atoms. The van der Waals surface area contributed by atoms with E-state index in [4.69, 9.17) is 5.11 Å². The zero-order chi connectivity index (χ0) is 9.26. The van der Waals surface area contributed by atoms with Gasteiger partial charge in [-0.15, -0.1) is 0 Å². The summed E-state index contributed by atoms with van der Waals surface area (Å²) in [6.07, 6.45) is 8.29. The maximum absolute atomic E-state index is 10.9. The number of likely N-dealkylation sites (tertiary alicyclic amines) is 1. The monoisotopic (exact) mass is 179 g/mol. The number of allylic oxidation sites excluding steroid dienone is 4. The molecule has 0 aromatic rings. The molecule has 1 unspecified atom stereocenters. The number of amides is 1. The van der Waals surface area contributed by atoms with Crippen molar-refractivity contribution < 1.29 is 9.90 Å². The van der Waals surface area contributed by atoms with Crippen molar-refractivity contribution >= 4 is 6.09 Å². The maximum atomic E-state index is 10.9. The normalized spacial score (nSPS) is 26.6. The summed E-state index contributed by atoms with van der Waals surface area (Å²) < 4.78 is 0. The fraction of sp³-hybridized carbons (Fsp3) is 0.500. The van der Waals surface area contributed by atoms with Crippen LogP contribution in [0.5, 0.6) is 0 Å². The third-order valence-electron chi connectivity index (χ3n) is 2.72. The minimum atomic E-state index is -0.814. The molecule has 1 atom stereocenters. The minimum absolute atomic E-state index is 0.440. The zero-order valence-corrected chi connectivity index (χ0v) is 7.44. The molecule has 1 aliphatic heterocycles. The first kappa shape index (κ1) is 8.35. The van der Waals surface area contributed by atoms with Crippen LogP contribution in [-0.4, -0.2) is 22.6 Å². The van der Waals surface area contributed by atoms with Gasteiger partial charge in [-0.1, -0.05) is 12.2 Å². The number of piperidine rings is 1. The van der Waals surface area contributed by atoms with Gasteiger partial charge >= 0.3 is 6.09 Å². The van der Waals surface area contributed by atoms with Gasteiger partial charge in [0.25, 0.3) is 0 Å².